The summed E-state index contributed by atoms with van der Waals surface area (Å²) in [5.41, 5.74) is 7.75. The number of hydrogen-bond donors (Lipinski definition) is 1. The lowest BCUT2D eigenvalue weighted by atomic mass is 10.1. The van der Waals surface area contributed by atoms with E-state index in [2.05, 4.69) is 11.9 Å². The molecule has 2 heterocycles. The van der Waals surface area contributed by atoms with Crippen LogP contribution in [0.1, 0.15) is 50.2 Å². The van der Waals surface area contributed by atoms with Crippen LogP contribution in [0.2, 0.25) is 0 Å². The normalized spacial score (nSPS) is 18.5. The Hall–Kier alpha value is -1.59. The monoisotopic (exact) mass is 304 g/mol. The topological polar surface area (TPSA) is 66.1 Å². The van der Waals surface area contributed by atoms with Crippen LogP contribution in [0.5, 0.6) is 5.75 Å². The van der Waals surface area contributed by atoms with Crippen LogP contribution in [-0.4, -0.2) is 25.7 Å². The molecule has 1 aromatic carbocycles. The standard InChI is InChI=1S/C17H24N2O3/c1-2-3-4-5-6-10-20-14-9-7-8-13-15(14)16(18)19-17(13)21-11-12-22-17/h7-9H,2-6,10-12H2,1H3,(H2,18,19). The van der Waals surface area contributed by atoms with Crippen LogP contribution in [0.25, 0.3) is 0 Å². The van der Waals surface area contributed by atoms with E-state index in [9.17, 15) is 0 Å². The molecule has 2 aliphatic rings. The Labute approximate surface area is 131 Å². The van der Waals surface area contributed by atoms with Gasteiger partial charge in [0, 0.05) is 0 Å². The van der Waals surface area contributed by atoms with Crippen molar-refractivity contribution in [2.45, 2.75) is 44.9 Å². The first-order valence-electron chi connectivity index (χ1n) is 8.17. The number of nitrogens with two attached hydrogens (primary N) is 1. The van der Waals surface area contributed by atoms with E-state index in [-0.39, 0.29) is 0 Å². The van der Waals surface area contributed by atoms with Gasteiger partial charge in [-0.1, -0.05) is 44.7 Å². The predicted octanol–water partition coefficient (Wildman–Crippen LogP) is 2.91. The third-order valence-corrected chi connectivity index (χ3v) is 4.07. The Morgan fingerprint density at radius 1 is 1.18 bits per heavy atom. The van der Waals surface area contributed by atoms with Gasteiger partial charge < -0.3 is 19.9 Å². The first kappa shape index (κ1) is 15.3. The van der Waals surface area contributed by atoms with E-state index in [0.717, 1.165) is 23.3 Å². The van der Waals surface area contributed by atoms with Gasteiger partial charge >= 0.3 is 5.91 Å². The molecule has 0 bridgehead atoms. The fourth-order valence-corrected chi connectivity index (χ4v) is 2.96. The van der Waals surface area contributed by atoms with Gasteiger partial charge in [-0.2, -0.15) is 0 Å². The molecule has 0 saturated carbocycles. The highest BCUT2D eigenvalue weighted by Gasteiger charge is 2.46. The highest BCUT2D eigenvalue weighted by molar-refractivity contribution is 6.04. The predicted molar refractivity (Wildman–Crippen MR) is 85.0 cm³/mol. The number of fused-ring (bicyclic) bond motifs is 2. The van der Waals surface area contributed by atoms with Gasteiger partial charge in [0.2, 0.25) is 0 Å². The van der Waals surface area contributed by atoms with Crippen LogP contribution in [0.4, 0.5) is 0 Å². The molecule has 3 rings (SSSR count). The van der Waals surface area contributed by atoms with Crippen molar-refractivity contribution in [1.82, 2.24) is 0 Å². The maximum Gasteiger partial charge on any atom is 0.300 e. The lowest BCUT2D eigenvalue weighted by Crippen LogP contribution is -2.22. The second-order valence-corrected chi connectivity index (χ2v) is 5.72. The number of ether oxygens (including phenoxy) is 3. The van der Waals surface area contributed by atoms with Gasteiger partial charge in [0.25, 0.3) is 0 Å². The minimum atomic E-state index is -1.04. The second kappa shape index (κ2) is 6.67. The summed E-state index contributed by atoms with van der Waals surface area (Å²) in [4.78, 5) is 4.39. The average molecular weight is 304 g/mol. The number of rotatable bonds is 7. The van der Waals surface area contributed by atoms with Gasteiger partial charge in [0.05, 0.1) is 30.9 Å². The second-order valence-electron chi connectivity index (χ2n) is 5.72. The summed E-state index contributed by atoms with van der Waals surface area (Å²) in [6.07, 6.45) is 6.06. The third-order valence-electron chi connectivity index (χ3n) is 4.07. The minimum Gasteiger partial charge on any atom is -0.493 e. The zero-order valence-corrected chi connectivity index (χ0v) is 13.1. The molecule has 1 fully saturated rings. The van der Waals surface area contributed by atoms with Crippen LogP contribution in [0, 0.1) is 0 Å². The molecule has 0 unspecified atom stereocenters. The number of benzene rings is 1. The van der Waals surface area contributed by atoms with Crippen molar-refractivity contribution >= 4 is 5.84 Å². The van der Waals surface area contributed by atoms with E-state index in [1.165, 1.54) is 25.7 Å². The van der Waals surface area contributed by atoms with E-state index in [1.54, 1.807) is 0 Å². The Morgan fingerprint density at radius 2 is 1.95 bits per heavy atom. The van der Waals surface area contributed by atoms with Crippen molar-refractivity contribution in [3.8, 4) is 5.75 Å². The molecule has 0 amide bonds. The number of nitrogens with zero attached hydrogens (tertiary/aromatic N) is 1. The molecule has 5 heteroatoms. The molecular formula is C17H24N2O3. The van der Waals surface area contributed by atoms with Crippen LogP contribution in [0.3, 0.4) is 0 Å². The molecule has 0 atom stereocenters. The zero-order chi connectivity index (χ0) is 15.4. The molecule has 1 aromatic rings. The van der Waals surface area contributed by atoms with Crippen LogP contribution in [0.15, 0.2) is 23.2 Å². The summed E-state index contributed by atoms with van der Waals surface area (Å²) in [7, 11) is 0. The van der Waals surface area contributed by atoms with Crippen molar-refractivity contribution in [3.05, 3.63) is 29.3 Å². The average Bonchev–Trinajstić information content (AvgIpc) is 3.10. The van der Waals surface area contributed by atoms with Crippen LogP contribution in [-0.2, 0) is 15.4 Å². The van der Waals surface area contributed by atoms with E-state index in [1.807, 2.05) is 18.2 Å². The van der Waals surface area contributed by atoms with E-state index >= 15 is 0 Å². The maximum atomic E-state index is 6.08. The number of aliphatic imine (C=N–C) groups is 1. The van der Waals surface area contributed by atoms with Crippen molar-refractivity contribution in [2.24, 2.45) is 10.7 Å². The fraction of sp³-hybridized carbons (Fsp3) is 0.588. The number of unbranched alkanes of at least 4 members (excludes halogenated alkanes) is 4. The fourth-order valence-electron chi connectivity index (χ4n) is 2.96. The molecule has 120 valence electrons. The number of amidine groups is 1. The summed E-state index contributed by atoms with van der Waals surface area (Å²) < 4.78 is 17.3. The van der Waals surface area contributed by atoms with Crippen molar-refractivity contribution in [2.75, 3.05) is 19.8 Å². The highest BCUT2D eigenvalue weighted by Crippen LogP contribution is 2.42. The van der Waals surface area contributed by atoms with Crippen molar-refractivity contribution in [1.29, 1.82) is 0 Å². The first-order valence-corrected chi connectivity index (χ1v) is 8.17. The van der Waals surface area contributed by atoms with Crippen LogP contribution >= 0.6 is 0 Å². The zero-order valence-electron chi connectivity index (χ0n) is 13.1. The van der Waals surface area contributed by atoms with E-state index in [4.69, 9.17) is 19.9 Å². The molecular weight excluding hydrogens is 280 g/mol. The van der Waals surface area contributed by atoms with Gasteiger partial charge in [-0.15, -0.1) is 0 Å². The van der Waals surface area contributed by atoms with E-state index < -0.39 is 5.91 Å². The molecule has 0 radical (unpaired) electrons. The van der Waals surface area contributed by atoms with Gasteiger partial charge in [-0.25, -0.2) is 4.99 Å². The van der Waals surface area contributed by atoms with Crippen LogP contribution < -0.4 is 10.5 Å². The van der Waals surface area contributed by atoms with Crippen molar-refractivity contribution in [3.63, 3.8) is 0 Å². The number of hydrogen-bond acceptors (Lipinski definition) is 5. The summed E-state index contributed by atoms with van der Waals surface area (Å²) in [5.74, 6) is 0.156. The molecule has 0 aromatic heterocycles. The van der Waals surface area contributed by atoms with Crippen molar-refractivity contribution < 1.29 is 14.2 Å². The smallest absolute Gasteiger partial charge is 0.300 e. The Morgan fingerprint density at radius 3 is 2.73 bits per heavy atom. The summed E-state index contributed by atoms with van der Waals surface area (Å²) >= 11 is 0. The minimum absolute atomic E-state index is 0.429. The molecule has 5 nitrogen and oxygen atoms in total. The molecule has 22 heavy (non-hydrogen) atoms. The maximum absolute atomic E-state index is 6.08. The Kier molecular flexibility index (Phi) is 4.64. The summed E-state index contributed by atoms with van der Waals surface area (Å²) in [6.45, 7) is 3.97. The SMILES string of the molecule is CCCCCCCOc1cccc2c1C(N)=NC21OCCO1. The lowest BCUT2D eigenvalue weighted by molar-refractivity contribution is -0.155. The Balaban J connectivity index is 1.67. The molecule has 1 saturated heterocycles. The van der Waals surface area contributed by atoms with Gasteiger partial charge in [-0.05, 0) is 12.5 Å². The molecule has 2 aliphatic heterocycles. The Bertz CT molecular complexity index is 551. The molecule has 0 aliphatic carbocycles. The third kappa shape index (κ3) is 2.83. The first-order chi connectivity index (χ1) is 10.8. The van der Waals surface area contributed by atoms with E-state index in [0.29, 0.717) is 25.7 Å². The van der Waals surface area contributed by atoms with Gasteiger partial charge in [0.1, 0.15) is 11.6 Å². The quantitative estimate of drug-likeness (QED) is 0.787. The highest BCUT2D eigenvalue weighted by atomic mass is 16.8. The lowest BCUT2D eigenvalue weighted by Gasteiger charge is -2.19. The summed E-state index contributed by atoms with van der Waals surface area (Å²) in [5, 5.41) is 0. The van der Waals surface area contributed by atoms with Gasteiger partial charge in [-0.3, -0.25) is 0 Å². The molecule has 1 spiro atoms. The molecule has 2 N–H and O–H groups in total. The largest absolute Gasteiger partial charge is 0.493 e. The van der Waals surface area contributed by atoms with Gasteiger partial charge in [0.15, 0.2) is 0 Å². The summed E-state index contributed by atoms with van der Waals surface area (Å²) in [6, 6.07) is 5.81.